The van der Waals surface area contributed by atoms with Crippen LogP contribution in [0.4, 0.5) is 11.6 Å². The molecule has 2 aromatic carbocycles. The Kier molecular flexibility index (Phi) is 12.0. The number of hydrogen-bond donors (Lipinski definition) is 2. The third kappa shape index (κ3) is 7.95. The molecule has 4 rings (SSSR count). The molecular weight excluding hydrogens is 626 g/mol. The SMILES string of the molecule is CCCCCCOc1c(Br)cc(C2C(C(=O)Nc3cccc(C)c3C)=C(C)Nc3nc(SCCCC)nn32)cc1OCC. The topological polar surface area (TPSA) is 90.3 Å². The predicted molar refractivity (Wildman–Crippen MR) is 180 cm³/mol. The Morgan fingerprint density at radius 2 is 1.86 bits per heavy atom. The number of unbranched alkanes of at least 4 members (excludes halogenated alkanes) is 4. The number of hydrogen-bond acceptors (Lipinski definition) is 7. The van der Waals surface area contributed by atoms with E-state index in [0.29, 0.717) is 41.4 Å². The average molecular weight is 671 g/mol. The quantitative estimate of drug-likeness (QED) is 0.123. The van der Waals surface area contributed by atoms with E-state index in [-0.39, 0.29) is 5.91 Å². The number of halogens is 1. The molecule has 0 fully saturated rings. The summed E-state index contributed by atoms with van der Waals surface area (Å²) in [6, 6.07) is 9.37. The fraction of sp³-hybridized carbons (Fsp3) is 0.485. The van der Waals surface area contributed by atoms with Crippen LogP contribution in [-0.4, -0.2) is 39.6 Å². The Labute approximate surface area is 268 Å². The Morgan fingerprint density at radius 1 is 1.07 bits per heavy atom. The summed E-state index contributed by atoms with van der Waals surface area (Å²) >= 11 is 5.39. The predicted octanol–water partition coefficient (Wildman–Crippen LogP) is 8.84. The van der Waals surface area contributed by atoms with Gasteiger partial charge in [-0.1, -0.05) is 63.4 Å². The van der Waals surface area contributed by atoms with Crippen molar-refractivity contribution >= 4 is 45.2 Å². The maximum atomic E-state index is 14.1. The van der Waals surface area contributed by atoms with E-state index >= 15 is 0 Å². The number of carbonyl (C=O) groups excluding carboxylic acids is 1. The molecule has 0 saturated carbocycles. The zero-order valence-electron chi connectivity index (χ0n) is 26.2. The summed E-state index contributed by atoms with van der Waals surface area (Å²) in [6.07, 6.45) is 6.65. The molecule has 1 amide bonds. The van der Waals surface area contributed by atoms with Crippen molar-refractivity contribution in [1.82, 2.24) is 14.8 Å². The van der Waals surface area contributed by atoms with Crippen molar-refractivity contribution in [3.8, 4) is 11.5 Å². The van der Waals surface area contributed by atoms with Crippen LogP contribution in [0.1, 0.15) is 89.0 Å². The Morgan fingerprint density at radius 3 is 2.60 bits per heavy atom. The van der Waals surface area contributed by atoms with Gasteiger partial charge in [0, 0.05) is 17.1 Å². The summed E-state index contributed by atoms with van der Waals surface area (Å²) in [5.74, 6) is 2.65. The number of fused-ring (bicyclic) bond motifs is 1. The number of allylic oxidation sites excluding steroid dienone is 1. The first kappa shape index (κ1) is 32.9. The van der Waals surface area contributed by atoms with E-state index in [0.717, 1.165) is 64.0 Å². The van der Waals surface area contributed by atoms with Gasteiger partial charge in [0.1, 0.15) is 6.04 Å². The molecule has 2 heterocycles. The fourth-order valence-electron chi connectivity index (χ4n) is 5.03. The van der Waals surface area contributed by atoms with Crippen LogP contribution >= 0.6 is 27.7 Å². The Balaban J connectivity index is 1.76. The van der Waals surface area contributed by atoms with Crippen molar-refractivity contribution in [2.75, 3.05) is 29.6 Å². The van der Waals surface area contributed by atoms with Gasteiger partial charge in [0.15, 0.2) is 11.5 Å². The van der Waals surface area contributed by atoms with Crippen molar-refractivity contribution in [2.24, 2.45) is 0 Å². The number of anilines is 2. The molecule has 1 unspecified atom stereocenters. The Hall–Kier alpha value is -2.98. The number of nitrogens with zero attached hydrogens (tertiary/aromatic N) is 3. The number of aromatic nitrogens is 3. The van der Waals surface area contributed by atoms with Gasteiger partial charge in [0.05, 0.1) is 23.3 Å². The molecule has 1 aliphatic heterocycles. The molecule has 10 heteroatoms. The average Bonchev–Trinajstić information content (AvgIpc) is 3.38. The number of rotatable bonds is 15. The van der Waals surface area contributed by atoms with Gasteiger partial charge in [0.25, 0.3) is 5.91 Å². The zero-order chi connectivity index (χ0) is 30.9. The molecule has 0 bridgehead atoms. The molecule has 8 nitrogen and oxygen atoms in total. The smallest absolute Gasteiger partial charge is 0.255 e. The normalized spacial score (nSPS) is 14.3. The van der Waals surface area contributed by atoms with Crippen LogP contribution < -0.4 is 20.1 Å². The molecule has 43 heavy (non-hydrogen) atoms. The van der Waals surface area contributed by atoms with Crippen LogP contribution in [0.3, 0.4) is 0 Å². The van der Waals surface area contributed by atoms with Crippen LogP contribution in [0.5, 0.6) is 11.5 Å². The van der Waals surface area contributed by atoms with Crippen LogP contribution in [0.25, 0.3) is 0 Å². The highest BCUT2D eigenvalue weighted by Gasteiger charge is 2.35. The Bertz CT molecular complexity index is 1450. The number of ether oxygens (including phenoxy) is 2. The fourth-order valence-corrected chi connectivity index (χ4v) is 6.52. The second-order valence-corrected chi connectivity index (χ2v) is 12.7. The molecule has 232 valence electrons. The van der Waals surface area contributed by atoms with Crippen molar-refractivity contribution in [1.29, 1.82) is 0 Å². The van der Waals surface area contributed by atoms with Crippen molar-refractivity contribution in [3.63, 3.8) is 0 Å². The zero-order valence-corrected chi connectivity index (χ0v) is 28.6. The van der Waals surface area contributed by atoms with E-state index < -0.39 is 6.04 Å². The minimum Gasteiger partial charge on any atom is -0.490 e. The number of thioether (sulfide) groups is 1. The molecule has 1 aromatic heterocycles. The molecular formula is C33H44BrN5O3S. The third-order valence-corrected chi connectivity index (χ3v) is 9.06. The van der Waals surface area contributed by atoms with E-state index in [2.05, 4.69) is 40.4 Å². The number of benzene rings is 2. The molecule has 3 aromatic rings. The molecule has 0 saturated heterocycles. The number of aryl methyl sites for hydroxylation is 1. The minimum atomic E-state index is -0.538. The van der Waals surface area contributed by atoms with Crippen LogP contribution in [0, 0.1) is 13.8 Å². The standard InChI is InChI=1S/C33H44BrN5O3S/c1-7-10-12-13-17-42-30-25(34)19-24(20-27(30)41-9-3)29-28(31(40)36-26-16-14-15-21(4)22(26)5)23(6)35-32-37-33(38-39(29)32)43-18-11-8-2/h14-16,19-20,29H,7-13,17-18H2,1-6H3,(H,36,40)(H,35,37,38). The molecule has 0 aliphatic carbocycles. The van der Waals surface area contributed by atoms with Gasteiger partial charge in [-0.2, -0.15) is 4.98 Å². The van der Waals surface area contributed by atoms with Gasteiger partial charge in [-0.15, -0.1) is 5.10 Å². The summed E-state index contributed by atoms with van der Waals surface area (Å²) in [7, 11) is 0. The van der Waals surface area contributed by atoms with Crippen molar-refractivity contribution < 1.29 is 14.3 Å². The number of carbonyl (C=O) groups is 1. The molecule has 0 spiro atoms. The number of nitrogens with one attached hydrogen (secondary N) is 2. The summed E-state index contributed by atoms with van der Waals surface area (Å²) in [6.45, 7) is 13.4. The minimum absolute atomic E-state index is 0.199. The molecule has 2 N–H and O–H groups in total. The highest BCUT2D eigenvalue weighted by molar-refractivity contribution is 9.10. The van der Waals surface area contributed by atoms with Gasteiger partial charge in [-0.3, -0.25) is 4.79 Å². The maximum absolute atomic E-state index is 14.1. The first-order chi connectivity index (χ1) is 20.8. The highest BCUT2D eigenvalue weighted by atomic mass is 79.9. The molecule has 1 atom stereocenters. The van der Waals surface area contributed by atoms with Gasteiger partial charge < -0.3 is 20.1 Å². The van der Waals surface area contributed by atoms with Gasteiger partial charge in [-0.05, 0) is 91.4 Å². The second kappa shape index (κ2) is 15.7. The lowest BCUT2D eigenvalue weighted by Crippen LogP contribution is -2.31. The van der Waals surface area contributed by atoms with Gasteiger partial charge in [-0.25, -0.2) is 4.68 Å². The lowest BCUT2D eigenvalue weighted by molar-refractivity contribution is -0.113. The highest BCUT2D eigenvalue weighted by Crippen LogP contribution is 2.43. The largest absolute Gasteiger partial charge is 0.490 e. The van der Waals surface area contributed by atoms with Gasteiger partial charge in [0.2, 0.25) is 11.1 Å². The van der Waals surface area contributed by atoms with E-state index in [1.165, 1.54) is 12.8 Å². The van der Waals surface area contributed by atoms with Gasteiger partial charge >= 0.3 is 0 Å². The lowest BCUT2D eigenvalue weighted by atomic mass is 9.94. The van der Waals surface area contributed by atoms with Crippen molar-refractivity contribution in [2.45, 2.75) is 91.3 Å². The summed E-state index contributed by atoms with van der Waals surface area (Å²) in [5.41, 5.74) is 5.07. The van der Waals surface area contributed by atoms with Crippen LogP contribution in [-0.2, 0) is 4.79 Å². The molecule has 1 aliphatic rings. The van der Waals surface area contributed by atoms with E-state index in [9.17, 15) is 4.79 Å². The third-order valence-electron chi connectivity index (χ3n) is 7.55. The van der Waals surface area contributed by atoms with Crippen LogP contribution in [0.2, 0.25) is 0 Å². The summed E-state index contributed by atoms with van der Waals surface area (Å²) in [4.78, 5) is 18.9. The first-order valence-electron chi connectivity index (χ1n) is 15.3. The summed E-state index contributed by atoms with van der Waals surface area (Å²) in [5, 5.41) is 12.1. The monoisotopic (exact) mass is 669 g/mol. The molecule has 0 radical (unpaired) electrons. The van der Waals surface area contributed by atoms with E-state index in [1.807, 2.05) is 62.7 Å². The lowest BCUT2D eigenvalue weighted by Gasteiger charge is -2.29. The second-order valence-electron chi connectivity index (χ2n) is 10.8. The first-order valence-corrected chi connectivity index (χ1v) is 17.1. The maximum Gasteiger partial charge on any atom is 0.255 e. The summed E-state index contributed by atoms with van der Waals surface area (Å²) < 4.78 is 14.9. The van der Waals surface area contributed by atoms with Crippen LogP contribution in [0.15, 0.2) is 51.2 Å². The van der Waals surface area contributed by atoms with E-state index in [4.69, 9.17) is 19.6 Å². The number of amides is 1. The van der Waals surface area contributed by atoms with Crippen molar-refractivity contribution in [3.05, 3.63) is 62.8 Å². The van der Waals surface area contributed by atoms with E-state index in [1.54, 1.807) is 11.8 Å².